The summed E-state index contributed by atoms with van der Waals surface area (Å²) in [5, 5.41) is 26.8. The van der Waals surface area contributed by atoms with E-state index in [0.29, 0.717) is 11.6 Å². The van der Waals surface area contributed by atoms with E-state index >= 15 is 0 Å². The Balaban J connectivity index is 2.02. The SMILES string of the molecule is Cc1nnc(-c2ccc(CC(=O)NCCO)cc2)nn1. The number of nitrogens with zero attached hydrogens (tertiary/aromatic N) is 4. The molecule has 0 aliphatic heterocycles. The van der Waals surface area contributed by atoms with Gasteiger partial charge in [-0.3, -0.25) is 4.79 Å². The van der Waals surface area contributed by atoms with Crippen molar-refractivity contribution in [2.24, 2.45) is 0 Å². The molecule has 0 unspecified atom stereocenters. The number of hydrogen-bond acceptors (Lipinski definition) is 6. The van der Waals surface area contributed by atoms with Gasteiger partial charge in [-0.25, -0.2) is 0 Å². The van der Waals surface area contributed by atoms with E-state index in [4.69, 9.17) is 5.11 Å². The van der Waals surface area contributed by atoms with Crippen molar-refractivity contribution in [1.82, 2.24) is 25.7 Å². The first-order chi connectivity index (χ1) is 9.69. The lowest BCUT2D eigenvalue weighted by Crippen LogP contribution is -2.27. The van der Waals surface area contributed by atoms with E-state index in [1.165, 1.54) is 0 Å². The highest BCUT2D eigenvalue weighted by Gasteiger charge is 2.05. The van der Waals surface area contributed by atoms with Crippen LogP contribution in [0.3, 0.4) is 0 Å². The van der Waals surface area contributed by atoms with Gasteiger partial charge < -0.3 is 10.4 Å². The third kappa shape index (κ3) is 3.79. The Labute approximate surface area is 116 Å². The molecule has 7 nitrogen and oxygen atoms in total. The molecule has 0 saturated heterocycles. The van der Waals surface area contributed by atoms with Gasteiger partial charge in [0, 0.05) is 12.1 Å². The lowest BCUT2D eigenvalue weighted by molar-refractivity contribution is -0.120. The molecule has 2 aromatic rings. The van der Waals surface area contributed by atoms with E-state index < -0.39 is 0 Å². The summed E-state index contributed by atoms with van der Waals surface area (Å²) in [5.74, 6) is 0.847. The number of aromatic nitrogens is 4. The van der Waals surface area contributed by atoms with Gasteiger partial charge in [0.25, 0.3) is 0 Å². The Morgan fingerprint density at radius 2 is 1.80 bits per heavy atom. The maximum atomic E-state index is 11.5. The van der Waals surface area contributed by atoms with Crippen LogP contribution in [0.4, 0.5) is 0 Å². The average Bonchev–Trinajstić information content (AvgIpc) is 2.47. The molecule has 0 spiro atoms. The highest BCUT2D eigenvalue weighted by Crippen LogP contribution is 2.14. The Morgan fingerprint density at radius 3 is 2.40 bits per heavy atom. The maximum Gasteiger partial charge on any atom is 0.224 e. The van der Waals surface area contributed by atoms with Gasteiger partial charge >= 0.3 is 0 Å². The van der Waals surface area contributed by atoms with Gasteiger partial charge in [0.2, 0.25) is 11.7 Å². The standard InChI is InChI=1S/C13H15N5O2/c1-9-15-17-13(18-16-9)11-4-2-10(3-5-11)8-12(20)14-6-7-19/h2-5,19H,6-8H2,1H3,(H,14,20). The number of rotatable bonds is 5. The van der Waals surface area contributed by atoms with Crippen LogP contribution in [0.2, 0.25) is 0 Å². The minimum Gasteiger partial charge on any atom is -0.395 e. The quantitative estimate of drug-likeness (QED) is 0.788. The maximum absolute atomic E-state index is 11.5. The number of benzene rings is 1. The largest absolute Gasteiger partial charge is 0.395 e. The topological polar surface area (TPSA) is 101 Å². The first-order valence-corrected chi connectivity index (χ1v) is 6.20. The smallest absolute Gasteiger partial charge is 0.224 e. The van der Waals surface area contributed by atoms with Gasteiger partial charge in [0.1, 0.15) is 0 Å². The van der Waals surface area contributed by atoms with Crippen molar-refractivity contribution in [2.75, 3.05) is 13.2 Å². The fourth-order valence-electron chi connectivity index (χ4n) is 1.61. The van der Waals surface area contributed by atoms with Crippen LogP contribution >= 0.6 is 0 Å². The van der Waals surface area contributed by atoms with Crippen LogP contribution in [-0.4, -0.2) is 44.6 Å². The molecular formula is C13H15N5O2. The number of aryl methyl sites for hydroxylation is 1. The van der Waals surface area contributed by atoms with Crippen molar-refractivity contribution in [1.29, 1.82) is 0 Å². The second-order valence-electron chi connectivity index (χ2n) is 4.22. The number of nitrogens with one attached hydrogen (secondary N) is 1. The molecule has 0 atom stereocenters. The number of amides is 1. The first kappa shape index (κ1) is 14.0. The van der Waals surface area contributed by atoms with E-state index in [1.54, 1.807) is 6.92 Å². The zero-order valence-electron chi connectivity index (χ0n) is 11.1. The third-order valence-corrected chi connectivity index (χ3v) is 2.59. The minimum absolute atomic E-state index is 0.0601. The average molecular weight is 273 g/mol. The molecule has 20 heavy (non-hydrogen) atoms. The second kappa shape index (κ2) is 6.67. The predicted molar refractivity (Wildman–Crippen MR) is 71.6 cm³/mol. The molecule has 0 bridgehead atoms. The van der Waals surface area contributed by atoms with Gasteiger partial charge in [-0.15, -0.1) is 20.4 Å². The summed E-state index contributed by atoms with van der Waals surface area (Å²) in [6.07, 6.45) is 0.269. The number of aliphatic hydroxyl groups is 1. The fourth-order valence-corrected chi connectivity index (χ4v) is 1.61. The highest BCUT2D eigenvalue weighted by molar-refractivity contribution is 5.78. The normalized spacial score (nSPS) is 10.3. The molecule has 1 aromatic carbocycles. The summed E-state index contributed by atoms with van der Waals surface area (Å²) in [7, 11) is 0. The zero-order chi connectivity index (χ0) is 14.4. The first-order valence-electron chi connectivity index (χ1n) is 6.20. The van der Waals surface area contributed by atoms with Crippen LogP contribution in [0.5, 0.6) is 0 Å². The molecule has 2 rings (SSSR count). The summed E-state index contributed by atoms with van der Waals surface area (Å²) in [6.45, 7) is 1.93. The van der Waals surface area contributed by atoms with Gasteiger partial charge in [-0.05, 0) is 12.5 Å². The van der Waals surface area contributed by atoms with Crippen molar-refractivity contribution >= 4 is 5.91 Å². The number of aliphatic hydroxyl groups excluding tert-OH is 1. The van der Waals surface area contributed by atoms with E-state index in [9.17, 15) is 4.79 Å². The fraction of sp³-hybridized carbons (Fsp3) is 0.308. The van der Waals surface area contributed by atoms with Gasteiger partial charge in [-0.1, -0.05) is 24.3 Å². The number of carbonyl (C=O) groups is 1. The molecule has 0 fully saturated rings. The van der Waals surface area contributed by atoms with E-state index in [-0.39, 0.29) is 25.5 Å². The molecule has 0 aliphatic rings. The van der Waals surface area contributed by atoms with Crippen LogP contribution in [0.15, 0.2) is 24.3 Å². The van der Waals surface area contributed by atoms with Gasteiger partial charge in [-0.2, -0.15) is 0 Å². The molecule has 7 heteroatoms. The molecule has 0 saturated carbocycles. The summed E-state index contributed by atoms with van der Waals surface area (Å²) >= 11 is 0. The van der Waals surface area contributed by atoms with Gasteiger partial charge in [0.05, 0.1) is 13.0 Å². The highest BCUT2D eigenvalue weighted by atomic mass is 16.3. The summed E-state index contributed by atoms with van der Waals surface area (Å²) in [4.78, 5) is 11.5. The number of carbonyl (C=O) groups excluding carboxylic acids is 1. The number of hydrogen-bond donors (Lipinski definition) is 2. The lowest BCUT2D eigenvalue weighted by Gasteiger charge is -2.04. The summed E-state index contributed by atoms with van der Waals surface area (Å²) in [5.41, 5.74) is 1.67. The molecule has 1 aromatic heterocycles. The van der Waals surface area contributed by atoms with Crippen LogP contribution < -0.4 is 5.32 Å². The molecular weight excluding hydrogens is 258 g/mol. The van der Waals surface area contributed by atoms with E-state index in [2.05, 4.69) is 25.7 Å². The molecule has 0 radical (unpaired) electrons. The van der Waals surface area contributed by atoms with Crippen molar-refractivity contribution in [3.8, 4) is 11.4 Å². The Kier molecular flexibility index (Phi) is 4.67. The molecule has 104 valence electrons. The van der Waals surface area contributed by atoms with Crippen LogP contribution in [0.1, 0.15) is 11.4 Å². The van der Waals surface area contributed by atoms with Crippen molar-refractivity contribution in [3.05, 3.63) is 35.7 Å². The lowest BCUT2D eigenvalue weighted by atomic mass is 10.1. The molecule has 2 N–H and O–H groups in total. The van der Waals surface area contributed by atoms with Crippen molar-refractivity contribution < 1.29 is 9.90 Å². The minimum atomic E-state index is -0.123. The Hall–Kier alpha value is -2.41. The van der Waals surface area contributed by atoms with Crippen molar-refractivity contribution in [3.63, 3.8) is 0 Å². The van der Waals surface area contributed by atoms with Gasteiger partial charge in [0.15, 0.2) is 5.82 Å². The summed E-state index contributed by atoms with van der Waals surface area (Å²) in [6, 6.07) is 7.31. The Morgan fingerprint density at radius 1 is 1.15 bits per heavy atom. The Bertz CT molecular complexity index is 568. The monoisotopic (exact) mass is 273 g/mol. The zero-order valence-corrected chi connectivity index (χ0v) is 11.1. The third-order valence-electron chi connectivity index (χ3n) is 2.59. The molecule has 1 heterocycles. The van der Waals surface area contributed by atoms with Crippen LogP contribution in [0.25, 0.3) is 11.4 Å². The molecule has 1 amide bonds. The predicted octanol–water partition coefficient (Wildman–Crippen LogP) is -0.107. The van der Waals surface area contributed by atoms with Crippen molar-refractivity contribution in [2.45, 2.75) is 13.3 Å². The van der Waals surface area contributed by atoms with Crippen LogP contribution in [0, 0.1) is 6.92 Å². The van der Waals surface area contributed by atoms with Crippen LogP contribution in [-0.2, 0) is 11.2 Å². The molecule has 0 aliphatic carbocycles. The summed E-state index contributed by atoms with van der Waals surface area (Å²) < 4.78 is 0. The van der Waals surface area contributed by atoms with E-state index in [0.717, 1.165) is 11.1 Å². The second-order valence-corrected chi connectivity index (χ2v) is 4.22. The van der Waals surface area contributed by atoms with E-state index in [1.807, 2.05) is 24.3 Å².